The lowest BCUT2D eigenvalue weighted by molar-refractivity contribution is -0.137. The maximum absolute atomic E-state index is 12.9. The number of aromatic nitrogens is 5. The fourth-order valence-corrected chi connectivity index (χ4v) is 4.04. The van der Waals surface area contributed by atoms with Gasteiger partial charge < -0.3 is 20.9 Å². The van der Waals surface area contributed by atoms with E-state index >= 15 is 0 Å². The van der Waals surface area contributed by atoms with Gasteiger partial charge in [0, 0.05) is 37.8 Å². The van der Waals surface area contributed by atoms with E-state index in [2.05, 4.69) is 26.4 Å². The molecule has 1 aromatic carbocycles. The summed E-state index contributed by atoms with van der Waals surface area (Å²) in [7, 11) is 1.88. The molecule has 1 aliphatic rings. The molecule has 4 aromatic rings. The van der Waals surface area contributed by atoms with E-state index in [4.69, 9.17) is 10.7 Å². The van der Waals surface area contributed by atoms with E-state index in [9.17, 15) is 9.59 Å². The standard InChI is InChI=1S/C22H24N8O2/c1-11-4-5-14-17(6-11)29(3)28-18(14)16-8-25-20-19(27-16)15(7-24-20)21(31)26-12(2)22(32)30-9-13(23)10-30/h4-8,12-13H,9-10,23H2,1-3H3,(H,24,25)(H,26,31)/t12-/m1/s1. The minimum atomic E-state index is -0.668. The summed E-state index contributed by atoms with van der Waals surface area (Å²) in [6.45, 7) is 4.72. The van der Waals surface area contributed by atoms with Crippen LogP contribution in [-0.2, 0) is 11.8 Å². The highest BCUT2D eigenvalue weighted by molar-refractivity contribution is 6.06. The molecule has 10 nitrogen and oxygen atoms in total. The molecule has 10 heteroatoms. The number of carbonyl (C=O) groups is 2. The predicted molar refractivity (Wildman–Crippen MR) is 120 cm³/mol. The predicted octanol–water partition coefficient (Wildman–Crippen LogP) is 1.11. The molecule has 1 fully saturated rings. The molecule has 0 bridgehead atoms. The number of amides is 2. The van der Waals surface area contributed by atoms with Crippen molar-refractivity contribution in [1.82, 2.24) is 34.9 Å². The smallest absolute Gasteiger partial charge is 0.255 e. The van der Waals surface area contributed by atoms with E-state index in [0.717, 1.165) is 16.5 Å². The molecule has 1 atom stereocenters. The van der Waals surface area contributed by atoms with Gasteiger partial charge in [-0.1, -0.05) is 12.1 Å². The van der Waals surface area contributed by atoms with Gasteiger partial charge in [0.25, 0.3) is 5.91 Å². The van der Waals surface area contributed by atoms with Crippen LogP contribution in [0.1, 0.15) is 22.8 Å². The van der Waals surface area contributed by atoms with E-state index < -0.39 is 11.9 Å². The Bertz CT molecular complexity index is 1370. The molecular formula is C22H24N8O2. The number of carbonyl (C=O) groups excluding carboxylic acids is 2. The van der Waals surface area contributed by atoms with Crippen molar-refractivity contribution in [3.8, 4) is 11.4 Å². The first-order valence-corrected chi connectivity index (χ1v) is 10.4. The fourth-order valence-electron chi connectivity index (χ4n) is 4.04. The molecule has 0 saturated carbocycles. The molecule has 0 spiro atoms. The van der Waals surface area contributed by atoms with E-state index in [1.807, 2.05) is 30.8 Å². The Morgan fingerprint density at radius 2 is 2.09 bits per heavy atom. The average molecular weight is 432 g/mol. The van der Waals surface area contributed by atoms with Crippen LogP contribution in [0, 0.1) is 6.92 Å². The van der Waals surface area contributed by atoms with Gasteiger partial charge in [0.15, 0.2) is 5.65 Å². The summed E-state index contributed by atoms with van der Waals surface area (Å²) in [6, 6.07) is 5.45. The first-order chi connectivity index (χ1) is 15.3. The second-order valence-electron chi connectivity index (χ2n) is 8.35. The van der Waals surface area contributed by atoms with Crippen LogP contribution >= 0.6 is 0 Å². The number of fused-ring (bicyclic) bond motifs is 2. The van der Waals surface area contributed by atoms with Crippen molar-refractivity contribution in [1.29, 1.82) is 0 Å². The van der Waals surface area contributed by atoms with Crippen molar-refractivity contribution in [3.05, 3.63) is 41.7 Å². The number of H-pyrrole nitrogens is 1. The molecule has 1 saturated heterocycles. The number of hydrogen-bond donors (Lipinski definition) is 3. The van der Waals surface area contributed by atoms with Gasteiger partial charge in [0.1, 0.15) is 22.9 Å². The summed E-state index contributed by atoms with van der Waals surface area (Å²) in [6.07, 6.45) is 3.20. The number of aromatic amines is 1. The topological polar surface area (TPSA) is 135 Å². The lowest BCUT2D eigenvalue weighted by Gasteiger charge is -2.38. The monoisotopic (exact) mass is 432 g/mol. The molecule has 4 N–H and O–H groups in total. The molecule has 0 aliphatic carbocycles. The maximum Gasteiger partial charge on any atom is 0.255 e. The van der Waals surface area contributed by atoms with E-state index in [1.165, 1.54) is 0 Å². The van der Waals surface area contributed by atoms with Gasteiger partial charge in [-0.2, -0.15) is 5.10 Å². The van der Waals surface area contributed by atoms with Crippen molar-refractivity contribution in [2.45, 2.75) is 25.9 Å². The Kier molecular flexibility index (Phi) is 4.66. The van der Waals surface area contributed by atoms with Gasteiger partial charge in [0.05, 0.1) is 17.3 Å². The summed E-state index contributed by atoms with van der Waals surface area (Å²) in [5.74, 6) is -0.545. The largest absolute Gasteiger partial charge is 0.344 e. The zero-order chi connectivity index (χ0) is 22.6. The summed E-state index contributed by atoms with van der Waals surface area (Å²) in [5, 5.41) is 8.34. The third kappa shape index (κ3) is 3.28. The van der Waals surface area contributed by atoms with Gasteiger partial charge in [0.2, 0.25) is 5.91 Å². The van der Waals surface area contributed by atoms with Gasteiger partial charge in [-0.3, -0.25) is 14.3 Å². The van der Waals surface area contributed by atoms with Crippen LogP contribution in [0.2, 0.25) is 0 Å². The second kappa shape index (κ2) is 7.41. The van der Waals surface area contributed by atoms with Gasteiger partial charge in [-0.25, -0.2) is 9.97 Å². The first kappa shape index (κ1) is 20.1. The van der Waals surface area contributed by atoms with Crippen LogP contribution in [0.25, 0.3) is 33.5 Å². The number of hydrogen-bond acceptors (Lipinski definition) is 6. The second-order valence-corrected chi connectivity index (χ2v) is 8.35. The van der Waals surface area contributed by atoms with Crippen LogP contribution in [0.15, 0.2) is 30.6 Å². The number of nitrogens with one attached hydrogen (secondary N) is 2. The molecule has 2 amide bonds. The molecular weight excluding hydrogens is 408 g/mol. The number of nitrogens with two attached hydrogens (primary N) is 1. The summed E-state index contributed by atoms with van der Waals surface area (Å²) >= 11 is 0. The van der Waals surface area contributed by atoms with Gasteiger partial charge in [-0.05, 0) is 25.5 Å². The quantitative estimate of drug-likeness (QED) is 0.442. The van der Waals surface area contributed by atoms with Crippen LogP contribution < -0.4 is 11.1 Å². The molecule has 5 rings (SSSR count). The third-order valence-corrected chi connectivity index (χ3v) is 5.81. The molecule has 164 valence electrons. The Hall–Kier alpha value is -3.79. The van der Waals surface area contributed by atoms with E-state index in [-0.39, 0.29) is 11.9 Å². The molecule has 4 heterocycles. The molecule has 0 unspecified atom stereocenters. The number of aryl methyl sites for hydroxylation is 2. The zero-order valence-electron chi connectivity index (χ0n) is 18.1. The average Bonchev–Trinajstić information content (AvgIpc) is 3.31. The van der Waals surface area contributed by atoms with Crippen LogP contribution in [0.5, 0.6) is 0 Å². The normalized spacial score (nSPS) is 15.2. The number of likely N-dealkylation sites (tertiary alicyclic amines) is 1. The summed E-state index contributed by atoms with van der Waals surface area (Å²) < 4.78 is 1.81. The third-order valence-electron chi connectivity index (χ3n) is 5.81. The highest BCUT2D eigenvalue weighted by Crippen LogP contribution is 2.28. The lowest BCUT2D eigenvalue weighted by atomic mass is 10.1. The molecule has 1 aliphatic heterocycles. The lowest BCUT2D eigenvalue weighted by Crippen LogP contribution is -2.61. The zero-order valence-corrected chi connectivity index (χ0v) is 18.1. The Morgan fingerprint density at radius 3 is 2.84 bits per heavy atom. The van der Waals surface area contributed by atoms with Crippen molar-refractivity contribution in [3.63, 3.8) is 0 Å². The highest BCUT2D eigenvalue weighted by Gasteiger charge is 2.31. The maximum atomic E-state index is 12.9. The minimum Gasteiger partial charge on any atom is -0.344 e. The van der Waals surface area contributed by atoms with Crippen molar-refractivity contribution < 1.29 is 9.59 Å². The van der Waals surface area contributed by atoms with Gasteiger partial charge in [-0.15, -0.1) is 0 Å². The fraction of sp³-hybridized carbons (Fsp3) is 0.318. The van der Waals surface area contributed by atoms with E-state index in [0.29, 0.717) is 41.2 Å². The van der Waals surface area contributed by atoms with Crippen molar-refractivity contribution in [2.24, 2.45) is 12.8 Å². The van der Waals surface area contributed by atoms with Crippen LogP contribution in [-0.4, -0.2) is 66.6 Å². The molecule has 32 heavy (non-hydrogen) atoms. The Labute approximate surface area is 183 Å². The van der Waals surface area contributed by atoms with Crippen LogP contribution in [0.3, 0.4) is 0 Å². The van der Waals surface area contributed by atoms with E-state index in [1.54, 1.807) is 24.2 Å². The van der Waals surface area contributed by atoms with Crippen molar-refractivity contribution >= 4 is 33.9 Å². The minimum absolute atomic E-state index is 0.00996. The number of benzene rings is 1. The van der Waals surface area contributed by atoms with Crippen LogP contribution in [0.4, 0.5) is 0 Å². The summed E-state index contributed by atoms with van der Waals surface area (Å²) in [4.78, 5) is 39.1. The number of nitrogens with zero attached hydrogens (tertiary/aromatic N) is 5. The Balaban J connectivity index is 1.46. The SMILES string of the molecule is Cc1ccc2c(-c3cnc4[nH]cc(C(=O)N[C@H](C)C(=O)N5CC(N)C5)c4n3)nn(C)c2c1. The Morgan fingerprint density at radius 1 is 1.31 bits per heavy atom. The number of rotatable bonds is 4. The first-order valence-electron chi connectivity index (χ1n) is 10.4. The highest BCUT2D eigenvalue weighted by atomic mass is 16.2. The summed E-state index contributed by atoms with van der Waals surface area (Å²) in [5.41, 5.74) is 10.4. The molecule has 3 aromatic heterocycles. The van der Waals surface area contributed by atoms with Crippen molar-refractivity contribution in [2.75, 3.05) is 13.1 Å². The molecule has 0 radical (unpaired) electrons. The van der Waals surface area contributed by atoms with Gasteiger partial charge >= 0.3 is 0 Å².